The predicted molar refractivity (Wildman–Crippen MR) is 83.6 cm³/mol. The van der Waals surface area contributed by atoms with Crippen LogP contribution in [0.4, 0.5) is 10.1 Å². The summed E-state index contributed by atoms with van der Waals surface area (Å²) in [4.78, 5) is 0. The Bertz CT molecular complexity index is 738. The van der Waals surface area contributed by atoms with E-state index in [2.05, 4.69) is 22.5 Å². The molecule has 21 heavy (non-hydrogen) atoms. The van der Waals surface area contributed by atoms with Gasteiger partial charge < -0.3 is 10.5 Å². The Morgan fingerprint density at radius 1 is 1.33 bits per heavy atom. The van der Waals surface area contributed by atoms with Gasteiger partial charge in [-0.3, -0.25) is 0 Å². The largest absolute Gasteiger partial charge is 0.454 e. The molecular formula is C16H12BrFN2O. The molecule has 106 valence electrons. The van der Waals surface area contributed by atoms with E-state index < -0.39 is 5.82 Å². The van der Waals surface area contributed by atoms with Crippen molar-refractivity contribution in [3.63, 3.8) is 0 Å². The fourth-order valence-corrected chi connectivity index (χ4v) is 2.25. The first-order valence-corrected chi connectivity index (χ1v) is 6.91. The summed E-state index contributed by atoms with van der Waals surface area (Å²) in [5.41, 5.74) is 7.36. The number of nitrogens with two attached hydrogens (primary N) is 1. The number of hydrogen-bond donors (Lipinski definition) is 1. The molecule has 2 aromatic carbocycles. The van der Waals surface area contributed by atoms with Gasteiger partial charge in [-0.05, 0) is 52.7 Å². The second kappa shape index (κ2) is 6.42. The van der Waals surface area contributed by atoms with Crippen LogP contribution in [-0.2, 0) is 6.42 Å². The average Bonchev–Trinajstić information content (AvgIpc) is 2.47. The molecule has 0 aliphatic heterocycles. The SMILES string of the molecule is C=CCc1cc(N)ccc1Oc1ccc(C#N)c(Br)c1F. The van der Waals surface area contributed by atoms with E-state index in [1.165, 1.54) is 12.1 Å². The van der Waals surface area contributed by atoms with Crippen LogP contribution in [0, 0.1) is 17.1 Å². The van der Waals surface area contributed by atoms with Gasteiger partial charge in [0.25, 0.3) is 0 Å². The maximum absolute atomic E-state index is 14.2. The van der Waals surface area contributed by atoms with E-state index in [4.69, 9.17) is 15.7 Å². The second-order valence-corrected chi connectivity index (χ2v) is 5.11. The van der Waals surface area contributed by atoms with Crippen LogP contribution >= 0.6 is 15.9 Å². The van der Waals surface area contributed by atoms with E-state index in [-0.39, 0.29) is 15.8 Å². The van der Waals surface area contributed by atoms with Gasteiger partial charge in [0.15, 0.2) is 11.6 Å². The zero-order chi connectivity index (χ0) is 15.4. The highest BCUT2D eigenvalue weighted by molar-refractivity contribution is 9.10. The Hall–Kier alpha value is -2.32. The molecule has 0 amide bonds. The smallest absolute Gasteiger partial charge is 0.181 e. The summed E-state index contributed by atoms with van der Waals surface area (Å²) in [5.74, 6) is -0.0778. The van der Waals surface area contributed by atoms with E-state index in [9.17, 15) is 4.39 Å². The lowest BCUT2D eigenvalue weighted by Crippen LogP contribution is -1.96. The maximum Gasteiger partial charge on any atom is 0.181 e. The summed E-state index contributed by atoms with van der Waals surface area (Å²) in [6.45, 7) is 3.67. The Labute approximate surface area is 130 Å². The van der Waals surface area contributed by atoms with Crippen LogP contribution in [-0.4, -0.2) is 0 Å². The number of hydrogen-bond acceptors (Lipinski definition) is 3. The van der Waals surface area contributed by atoms with Crippen molar-refractivity contribution in [2.75, 3.05) is 5.73 Å². The number of allylic oxidation sites excluding steroid dienone is 1. The molecule has 0 aliphatic rings. The van der Waals surface area contributed by atoms with Gasteiger partial charge in [-0.25, -0.2) is 4.39 Å². The van der Waals surface area contributed by atoms with Gasteiger partial charge >= 0.3 is 0 Å². The predicted octanol–water partition coefficient (Wildman–Crippen LogP) is 4.56. The summed E-state index contributed by atoms with van der Waals surface area (Å²) in [7, 11) is 0. The zero-order valence-corrected chi connectivity index (χ0v) is 12.7. The molecule has 0 unspecified atom stereocenters. The van der Waals surface area contributed by atoms with Gasteiger partial charge in [0.1, 0.15) is 11.8 Å². The van der Waals surface area contributed by atoms with Crippen molar-refractivity contribution in [1.29, 1.82) is 5.26 Å². The number of nitrogens with zero attached hydrogens (tertiary/aromatic N) is 1. The number of benzene rings is 2. The van der Waals surface area contributed by atoms with Crippen molar-refractivity contribution < 1.29 is 9.13 Å². The van der Waals surface area contributed by atoms with Crippen LogP contribution < -0.4 is 10.5 Å². The van der Waals surface area contributed by atoms with E-state index >= 15 is 0 Å². The molecule has 0 atom stereocenters. The number of anilines is 1. The molecule has 0 radical (unpaired) electrons. The number of ether oxygens (including phenoxy) is 1. The lowest BCUT2D eigenvalue weighted by molar-refractivity contribution is 0.437. The lowest BCUT2D eigenvalue weighted by atomic mass is 10.1. The van der Waals surface area contributed by atoms with E-state index in [1.807, 2.05) is 6.07 Å². The van der Waals surface area contributed by atoms with Crippen LogP contribution in [0.25, 0.3) is 0 Å². The van der Waals surface area contributed by atoms with Gasteiger partial charge in [-0.1, -0.05) is 6.08 Å². The van der Waals surface area contributed by atoms with Gasteiger partial charge in [0.2, 0.25) is 0 Å². The molecule has 0 saturated heterocycles. The van der Waals surface area contributed by atoms with Crippen LogP contribution in [0.2, 0.25) is 0 Å². The van der Waals surface area contributed by atoms with Crippen LogP contribution in [0.15, 0.2) is 47.5 Å². The summed E-state index contributed by atoms with van der Waals surface area (Å²) < 4.78 is 19.9. The highest BCUT2D eigenvalue weighted by Gasteiger charge is 2.14. The molecule has 3 nitrogen and oxygen atoms in total. The van der Waals surface area contributed by atoms with E-state index in [1.54, 1.807) is 24.3 Å². The third kappa shape index (κ3) is 3.23. The maximum atomic E-state index is 14.2. The molecule has 0 heterocycles. The van der Waals surface area contributed by atoms with Crippen molar-refractivity contribution >= 4 is 21.6 Å². The normalized spacial score (nSPS) is 9.95. The Kier molecular flexibility index (Phi) is 4.61. The lowest BCUT2D eigenvalue weighted by Gasteiger charge is -2.12. The van der Waals surface area contributed by atoms with Crippen molar-refractivity contribution in [1.82, 2.24) is 0 Å². The van der Waals surface area contributed by atoms with E-state index in [0.717, 1.165) is 5.56 Å². The first-order valence-electron chi connectivity index (χ1n) is 6.12. The third-order valence-corrected chi connectivity index (χ3v) is 3.61. The number of nitriles is 1. The molecule has 0 fully saturated rings. The van der Waals surface area contributed by atoms with Gasteiger partial charge in [0.05, 0.1) is 10.0 Å². The van der Waals surface area contributed by atoms with Crippen LogP contribution in [0.1, 0.15) is 11.1 Å². The monoisotopic (exact) mass is 346 g/mol. The van der Waals surface area contributed by atoms with Crippen molar-refractivity contribution in [2.24, 2.45) is 0 Å². The molecule has 0 bridgehead atoms. The van der Waals surface area contributed by atoms with Crippen molar-refractivity contribution in [3.8, 4) is 17.6 Å². The van der Waals surface area contributed by atoms with Crippen LogP contribution in [0.5, 0.6) is 11.5 Å². The molecule has 5 heteroatoms. The standard InChI is InChI=1S/C16H12BrFN2O/c1-2-3-10-8-12(20)5-7-13(10)21-14-6-4-11(9-19)15(17)16(14)18/h2,4-8H,1,3,20H2. The first kappa shape index (κ1) is 15.1. The minimum atomic E-state index is -0.615. The molecule has 0 aliphatic carbocycles. The zero-order valence-electron chi connectivity index (χ0n) is 11.1. The molecule has 0 spiro atoms. The van der Waals surface area contributed by atoms with Gasteiger partial charge in [0, 0.05) is 11.3 Å². The number of rotatable bonds is 4. The molecule has 0 saturated carbocycles. The Morgan fingerprint density at radius 3 is 2.71 bits per heavy atom. The minimum Gasteiger partial charge on any atom is -0.454 e. The summed E-state index contributed by atoms with van der Waals surface area (Å²) in [6, 6.07) is 9.93. The van der Waals surface area contributed by atoms with Gasteiger partial charge in [-0.2, -0.15) is 5.26 Å². The third-order valence-electron chi connectivity index (χ3n) is 2.84. The highest BCUT2D eigenvalue weighted by Crippen LogP contribution is 2.33. The summed E-state index contributed by atoms with van der Waals surface area (Å²) >= 11 is 3.05. The molecule has 2 N–H and O–H groups in total. The number of halogens is 2. The quantitative estimate of drug-likeness (QED) is 0.651. The second-order valence-electron chi connectivity index (χ2n) is 4.31. The average molecular weight is 347 g/mol. The molecule has 0 aromatic heterocycles. The Balaban J connectivity index is 2.41. The topological polar surface area (TPSA) is 59.0 Å². The fraction of sp³-hybridized carbons (Fsp3) is 0.0625. The summed E-state index contributed by atoms with van der Waals surface area (Å²) in [5, 5.41) is 8.86. The molecule has 2 rings (SSSR count). The van der Waals surface area contributed by atoms with Crippen molar-refractivity contribution in [3.05, 3.63) is 64.4 Å². The van der Waals surface area contributed by atoms with Crippen molar-refractivity contribution in [2.45, 2.75) is 6.42 Å². The minimum absolute atomic E-state index is 0.0379. The Morgan fingerprint density at radius 2 is 2.05 bits per heavy atom. The van der Waals surface area contributed by atoms with E-state index in [0.29, 0.717) is 17.9 Å². The number of nitrogen functional groups attached to an aromatic ring is 1. The summed E-state index contributed by atoms with van der Waals surface area (Å²) in [6.07, 6.45) is 2.27. The highest BCUT2D eigenvalue weighted by atomic mass is 79.9. The van der Waals surface area contributed by atoms with Crippen LogP contribution in [0.3, 0.4) is 0 Å². The van der Waals surface area contributed by atoms with Gasteiger partial charge in [-0.15, -0.1) is 6.58 Å². The molecule has 2 aromatic rings. The molecular weight excluding hydrogens is 335 g/mol. The fourth-order valence-electron chi connectivity index (χ4n) is 1.83. The first-order chi connectivity index (χ1) is 10.1.